The van der Waals surface area contributed by atoms with Crippen LogP contribution in [0, 0.1) is 0 Å². The lowest BCUT2D eigenvalue weighted by Crippen LogP contribution is -2.50. The topological polar surface area (TPSA) is 105 Å². The number of hydrogen-bond acceptors (Lipinski definition) is 6. The monoisotopic (exact) mass is 627 g/mol. The van der Waals surface area contributed by atoms with Crippen molar-refractivity contribution < 1.29 is 27.5 Å². The summed E-state index contributed by atoms with van der Waals surface area (Å²) in [7, 11) is -0.0591. The molecular weight excluding hydrogens is 601 g/mol. The molecule has 3 aromatic rings. The van der Waals surface area contributed by atoms with Crippen molar-refractivity contribution in [3.05, 3.63) is 81.3 Å². The minimum absolute atomic E-state index is 0.0326. The molecule has 0 aliphatic rings. The highest BCUT2D eigenvalue weighted by atomic mass is 35.5. The van der Waals surface area contributed by atoms with Crippen molar-refractivity contribution in [3.8, 4) is 11.5 Å². The first-order valence-electron chi connectivity index (χ1n) is 11.9. The average molecular weight is 629 g/mol. The van der Waals surface area contributed by atoms with Gasteiger partial charge in [-0.25, -0.2) is 8.42 Å². The summed E-state index contributed by atoms with van der Waals surface area (Å²) in [5.41, 5.74) is 0.786. The number of anilines is 1. The van der Waals surface area contributed by atoms with E-state index in [-0.39, 0.29) is 27.9 Å². The number of nitrogens with one attached hydrogen (secondary N) is 1. The molecule has 2 amide bonds. The van der Waals surface area contributed by atoms with Gasteiger partial charge in [-0.3, -0.25) is 13.9 Å². The molecule has 1 atom stereocenters. The summed E-state index contributed by atoms with van der Waals surface area (Å²) in [6.07, 6.45) is 0. The number of sulfonamides is 1. The van der Waals surface area contributed by atoms with Crippen LogP contribution in [0.2, 0.25) is 15.1 Å². The van der Waals surface area contributed by atoms with E-state index >= 15 is 0 Å². The first-order chi connectivity index (χ1) is 18.9. The molecule has 9 nitrogen and oxygen atoms in total. The minimum atomic E-state index is -4.32. The fraction of sp³-hybridized carbons (Fsp3) is 0.259. The first kappa shape index (κ1) is 31.3. The van der Waals surface area contributed by atoms with Crippen LogP contribution < -0.4 is 19.1 Å². The fourth-order valence-electron chi connectivity index (χ4n) is 3.87. The first-order valence-corrected chi connectivity index (χ1v) is 14.5. The molecule has 0 saturated heterocycles. The predicted molar refractivity (Wildman–Crippen MR) is 156 cm³/mol. The quantitative estimate of drug-likeness (QED) is 0.320. The maximum Gasteiger partial charge on any atom is 0.264 e. The zero-order valence-electron chi connectivity index (χ0n) is 22.2. The van der Waals surface area contributed by atoms with E-state index in [2.05, 4.69) is 5.32 Å². The molecule has 40 heavy (non-hydrogen) atoms. The van der Waals surface area contributed by atoms with E-state index < -0.39 is 34.4 Å². The highest BCUT2D eigenvalue weighted by Crippen LogP contribution is 2.33. The summed E-state index contributed by atoms with van der Waals surface area (Å²) in [4.78, 5) is 27.5. The van der Waals surface area contributed by atoms with Gasteiger partial charge in [0, 0.05) is 24.7 Å². The number of benzene rings is 3. The molecule has 1 N–H and O–H groups in total. The largest absolute Gasteiger partial charge is 0.493 e. The second kappa shape index (κ2) is 13.5. The van der Waals surface area contributed by atoms with Crippen LogP contribution in [0.3, 0.4) is 0 Å². The van der Waals surface area contributed by atoms with Crippen LogP contribution in [-0.4, -0.2) is 59.0 Å². The molecule has 0 aliphatic heterocycles. The molecule has 0 heterocycles. The van der Waals surface area contributed by atoms with Gasteiger partial charge in [-0.05, 0) is 61.0 Å². The van der Waals surface area contributed by atoms with E-state index in [0.29, 0.717) is 21.4 Å². The van der Waals surface area contributed by atoms with Crippen LogP contribution >= 0.6 is 34.8 Å². The number of hydrogen-bond donors (Lipinski definition) is 1. The summed E-state index contributed by atoms with van der Waals surface area (Å²) in [6, 6.07) is 14.0. The van der Waals surface area contributed by atoms with Gasteiger partial charge in [-0.15, -0.1) is 0 Å². The number of ether oxygens (including phenoxy) is 2. The van der Waals surface area contributed by atoms with Gasteiger partial charge in [0.15, 0.2) is 11.5 Å². The van der Waals surface area contributed by atoms with Crippen molar-refractivity contribution in [1.29, 1.82) is 0 Å². The van der Waals surface area contributed by atoms with Crippen LogP contribution in [0.1, 0.15) is 12.5 Å². The summed E-state index contributed by atoms with van der Waals surface area (Å²) in [5, 5.41) is 3.51. The van der Waals surface area contributed by atoms with Crippen LogP contribution in [0.5, 0.6) is 11.5 Å². The Hall–Kier alpha value is -3.18. The molecule has 0 radical (unpaired) electrons. The molecule has 0 fully saturated rings. The van der Waals surface area contributed by atoms with Crippen LogP contribution in [-0.2, 0) is 26.2 Å². The normalized spacial score (nSPS) is 11.9. The maximum absolute atomic E-state index is 14.0. The molecular formula is C27H28Cl3N3O6S. The van der Waals surface area contributed by atoms with Gasteiger partial charge in [0.25, 0.3) is 10.0 Å². The van der Waals surface area contributed by atoms with Gasteiger partial charge in [0.2, 0.25) is 11.8 Å². The SMILES string of the molecule is CNC(=O)[C@H](C)N(Cc1ccc(Cl)c(Cl)c1)C(=O)CN(c1ccc(Cl)cc1)S(=O)(=O)c1ccc(OC)c(OC)c1. The number of halogens is 3. The standard InChI is InChI=1S/C27H28Cl3N3O6S/c1-17(27(35)31-2)32(15-18-5-11-22(29)23(30)13-18)26(34)16-33(20-8-6-19(28)7-9-20)40(36,37)21-10-12-24(38-3)25(14-21)39-4/h5-14,17H,15-16H2,1-4H3,(H,31,35)/t17-/m0/s1. The number of nitrogens with zero attached hydrogens (tertiary/aromatic N) is 2. The van der Waals surface area contributed by atoms with Crippen LogP contribution in [0.15, 0.2) is 65.6 Å². The summed E-state index contributed by atoms with van der Waals surface area (Å²) >= 11 is 18.2. The second-order valence-electron chi connectivity index (χ2n) is 8.57. The second-order valence-corrected chi connectivity index (χ2v) is 11.7. The van der Waals surface area contributed by atoms with E-state index in [1.165, 1.54) is 68.6 Å². The van der Waals surface area contributed by atoms with Gasteiger partial charge in [-0.2, -0.15) is 0 Å². The van der Waals surface area contributed by atoms with Gasteiger partial charge in [0.05, 0.1) is 34.8 Å². The molecule has 13 heteroatoms. The van der Waals surface area contributed by atoms with Crippen molar-refractivity contribution in [2.45, 2.75) is 24.4 Å². The van der Waals surface area contributed by atoms with Gasteiger partial charge in [0.1, 0.15) is 12.6 Å². The summed E-state index contributed by atoms with van der Waals surface area (Å²) in [6.45, 7) is 0.889. The number of likely N-dealkylation sites (N-methyl/N-ethyl adjacent to an activating group) is 1. The van der Waals surface area contributed by atoms with Gasteiger partial charge >= 0.3 is 0 Å². The third-order valence-corrected chi connectivity index (χ3v) is 8.85. The Morgan fingerprint density at radius 3 is 2.12 bits per heavy atom. The lowest BCUT2D eigenvalue weighted by Gasteiger charge is -2.32. The molecule has 0 spiro atoms. The highest BCUT2D eigenvalue weighted by molar-refractivity contribution is 7.92. The lowest BCUT2D eigenvalue weighted by atomic mass is 10.1. The summed E-state index contributed by atoms with van der Waals surface area (Å²) < 4.78 is 39.4. The van der Waals surface area contributed by atoms with E-state index in [1.54, 1.807) is 25.1 Å². The number of amides is 2. The van der Waals surface area contributed by atoms with Crippen molar-refractivity contribution in [1.82, 2.24) is 10.2 Å². The predicted octanol–water partition coefficient (Wildman–Crippen LogP) is 5.02. The Morgan fingerprint density at radius 2 is 1.55 bits per heavy atom. The molecule has 0 unspecified atom stereocenters. The highest BCUT2D eigenvalue weighted by Gasteiger charge is 2.33. The fourth-order valence-corrected chi connectivity index (χ4v) is 5.74. The summed E-state index contributed by atoms with van der Waals surface area (Å²) in [5.74, 6) is -0.543. The van der Waals surface area contributed by atoms with Crippen LogP contribution in [0.25, 0.3) is 0 Å². The molecule has 0 bridgehead atoms. The molecule has 0 aromatic heterocycles. The number of methoxy groups -OCH3 is 2. The Balaban J connectivity index is 2.07. The van der Waals surface area contributed by atoms with Crippen molar-refractivity contribution >= 4 is 62.3 Å². The molecule has 0 aliphatic carbocycles. The molecule has 3 rings (SSSR count). The maximum atomic E-state index is 14.0. The Morgan fingerprint density at radius 1 is 0.900 bits per heavy atom. The third-order valence-electron chi connectivity index (χ3n) is 6.09. The lowest BCUT2D eigenvalue weighted by molar-refractivity contribution is -0.139. The Bertz CT molecular complexity index is 1490. The number of carbonyl (C=O) groups is 2. The molecule has 3 aromatic carbocycles. The molecule has 214 valence electrons. The van der Waals surface area contributed by atoms with E-state index in [9.17, 15) is 18.0 Å². The minimum Gasteiger partial charge on any atom is -0.493 e. The smallest absolute Gasteiger partial charge is 0.264 e. The Kier molecular flexibility index (Phi) is 10.5. The number of carbonyl (C=O) groups excluding carboxylic acids is 2. The zero-order chi connectivity index (χ0) is 29.6. The van der Waals surface area contributed by atoms with Crippen molar-refractivity contribution in [3.63, 3.8) is 0 Å². The third kappa shape index (κ3) is 7.11. The average Bonchev–Trinajstić information content (AvgIpc) is 2.95. The van der Waals surface area contributed by atoms with Gasteiger partial charge in [-0.1, -0.05) is 40.9 Å². The van der Waals surface area contributed by atoms with Crippen molar-refractivity contribution in [2.75, 3.05) is 32.1 Å². The van der Waals surface area contributed by atoms with Crippen molar-refractivity contribution in [2.24, 2.45) is 0 Å². The zero-order valence-corrected chi connectivity index (χ0v) is 25.2. The van der Waals surface area contributed by atoms with E-state index in [4.69, 9.17) is 44.3 Å². The van der Waals surface area contributed by atoms with E-state index in [0.717, 1.165) is 4.31 Å². The Labute approximate surface area is 248 Å². The molecule has 0 saturated carbocycles. The van der Waals surface area contributed by atoms with Gasteiger partial charge < -0.3 is 19.7 Å². The number of rotatable bonds is 11. The van der Waals surface area contributed by atoms with E-state index in [1.807, 2.05) is 0 Å². The van der Waals surface area contributed by atoms with Crippen LogP contribution in [0.4, 0.5) is 5.69 Å².